The molecule has 0 saturated carbocycles. The second-order valence-corrected chi connectivity index (χ2v) is 6.96. The highest BCUT2D eigenvalue weighted by Gasteiger charge is 2.34. The maximum atomic E-state index is 12.0. The molecule has 6 heteroatoms. The summed E-state index contributed by atoms with van der Waals surface area (Å²) in [7, 11) is -2.96. The molecule has 1 unspecified atom stereocenters. The van der Waals surface area contributed by atoms with Gasteiger partial charge in [0.25, 0.3) is 0 Å². The first-order chi connectivity index (χ1) is 7.87. The number of hydrogen-bond acceptors (Lipinski definition) is 4. The minimum Gasteiger partial charge on any atom is -0.337 e. The third kappa shape index (κ3) is 3.96. The number of rotatable bonds is 5. The quantitative estimate of drug-likeness (QED) is 0.764. The van der Waals surface area contributed by atoms with Crippen molar-refractivity contribution in [3.63, 3.8) is 0 Å². The monoisotopic (exact) mass is 262 g/mol. The standard InChI is InChI=1S/C11H22N2O3S/c1-3-4-6-13(11(14)9(2)12)10-5-7-17(15,16)8-10/h9-10H,3-8,12H2,1-2H3/t9-,10?/m1/s1. The van der Waals surface area contributed by atoms with Crippen LogP contribution in [0.15, 0.2) is 0 Å². The molecule has 1 amide bonds. The fourth-order valence-electron chi connectivity index (χ4n) is 2.08. The number of carbonyl (C=O) groups is 1. The van der Waals surface area contributed by atoms with Crippen LogP contribution in [0.4, 0.5) is 0 Å². The fraction of sp³-hybridized carbons (Fsp3) is 0.909. The lowest BCUT2D eigenvalue weighted by Crippen LogP contribution is -2.48. The van der Waals surface area contributed by atoms with Crippen LogP contribution in [0.3, 0.4) is 0 Å². The Labute approximate surface area is 103 Å². The molecule has 100 valence electrons. The number of unbranched alkanes of at least 4 members (excludes halogenated alkanes) is 1. The summed E-state index contributed by atoms with van der Waals surface area (Å²) in [5, 5.41) is 0. The number of hydrogen-bond donors (Lipinski definition) is 1. The van der Waals surface area contributed by atoms with Gasteiger partial charge in [0, 0.05) is 12.6 Å². The van der Waals surface area contributed by atoms with E-state index in [2.05, 4.69) is 0 Å². The van der Waals surface area contributed by atoms with Gasteiger partial charge in [-0.1, -0.05) is 13.3 Å². The van der Waals surface area contributed by atoms with Crippen molar-refractivity contribution < 1.29 is 13.2 Å². The van der Waals surface area contributed by atoms with E-state index in [1.165, 1.54) is 0 Å². The third-order valence-corrected chi connectivity index (χ3v) is 4.82. The van der Waals surface area contributed by atoms with Crippen LogP contribution in [-0.2, 0) is 14.6 Å². The lowest BCUT2D eigenvalue weighted by molar-refractivity contribution is -0.134. The van der Waals surface area contributed by atoms with E-state index < -0.39 is 15.9 Å². The average molecular weight is 262 g/mol. The van der Waals surface area contributed by atoms with Gasteiger partial charge in [-0.2, -0.15) is 0 Å². The Hall–Kier alpha value is -0.620. The van der Waals surface area contributed by atoms with Crippen LogP contribution in [0.5, 0.6) is 0 Å². The molecule has 1 aliphatic rings. The molecule has 0 aliphatic carbocycles. The maximum Gasteiger partial charge on any atom is 0.239 e. The van der Waals surface area contributed by atoms with E-state index in [-0.39, 0.29) is 23.5 Å². The van der Waals surface area contributed by atoms with Gasteiger partial charge < -0.3 is 10.6 Å². The van der Waals surface area contributed by atoms with Crippen molar-refractivity contribution in [2.45, 2.75) is 45.2 Å². The normalized spacial score (nSPS) is 24.5. The third-order valence-electron chi connectivity index (χ3n) is 3.07. The van der Waals surface area contributed by atoms with Crippen molar-refractivity contribution in [3.8, 4) is 0 Å². The fourth-order valence-corrected chi connectivity index (χ4v) is 3.81. The minimum absolute atomic E-state index is 0.0924. The summed E-state index contributed by atoms with van der Waals surface area (Å²) in [6, 6.07) is -0.736. The summed E-state index contributed by atoms with van der Waals surface area (Å²) in [4.78, 5) is 13.6. The van der Waals surface area contributed by atoms with Crippen LogP contribution in [0.2, 0.25) is 0 Å². The van der Waals surface area contributed by atoms with Gasteiger partial charge in [-0.05, 0) is 19.8 Å². The molecule has 1 aliphatic heterocycles. The van der Waals surface area contributed by atoms with E-state index >= 15 is 0 Å². The zero-order chi connectivity index (χ0) is 13.1. The molecule has 1 fully saturated rings. The number of carbonyl (C=O) groups excluding carboxylic acids is 1. The summed E-state index contributed by atoms with van der Waals surface area (Å²) in [6.07, 6.45) is 2.40. The van der Waals surface area contributed by atoms with Gasteiger partial charge in [0.1, 0.15) is 0 Å². The smallest absolute Gasteiger partial charge is 0.239 e. The van der Waals surface area contributed by atoms with Crippen LogP contribution in [0, 0.1) is 0 Å². The van der Waals surface area contributed by atoms with Crippen molar-refractivity contribution in [1.82, 2.24) is 4.90 Å². The van der Waals surface area contributed by atoms with Gasteiger partial charge in [-0.3, -0.25) is 4.79 Å². The summed E-state index contributed by atoms with van der Waals surface area (Å²) in [5.74, 6) is 0.141. The lowest BCUT2D eigenvalue weighted by Gasteiger charge is -2.29. The first-order valence-electron chi connectivity index (χ1n) is 6.14. The van der Waals surface area contributed by atoms with Crippen molar-refractivity contribution in [2.75, 3.05) is 18.1 Å². The summed E-state index contributed by atoms with van der Waals surface area (Å²) in [5.41, 5.74) is 5.60. The van der Waals surface area contributed by atoms with Gasteiger partial charge in [-0.25, -0.2) is 8.42 Å². The van der Waals surface area contributed by atoms with Crippen molar-refractivity contribution in [3.05, 3.63) is 0 Å². The van der Waals surface area contributed by atoms with Gasteiger partial charge >= 0.3 is 0 Å². The second kappa shape index (κ2) is 5.82. The van der Waals surface area contributed by atoms with E-state index in [0.717, 1.165) is 12.8 Å². The molecule has 1 heterocycles. The van der Waals surface area contributed by atoms with Crippen LogP contribution in [0.1, 0.15) is 33.1 Å². The van der Waals surface area contributed by atoms with Crippen molar-refractivity contribution in [2.24, 2.45) is 5.73 Å². The molecule has 5 nitrogen and oxygen atoms in total. The topological polar surface area (TPSA) is 80.5 Å². The predicted octanol–water partition coefficient (Wildman–Crippen LogP) is 0.149. The Kier molecular flexibility index (Phi) is 4.94. The van der Waals surface area contributed by atoms with Crippen molar-refractivity contribution in [1.29, 1.82) is 0 Å². The van der Waals surface area contributed by atoms with E-state index in [9.17, 15) is 13.2 Å². The molecule has 17 heavy (non-hydrogen) atoms. The summed E-state index contributed by atoms with van der Waals surface area (Å²) >= 11 is 0. The maximum absolute atomic E-state index is 12.0. The highest BCUT2D eigenvalue weighted by Crippen LogP contribution is 2.19. The van der Waals surface area contributed by atoms with Gasteiger partial charge in [-0.15, -0.1) is 0 Å². The zero-order valence-corrected chi connectivity index (χ0v) is 11.4. The first kappa shape index (κ1) is 14.4. The van der Waals surface area contributed by atoms with Gasteiger partial charge in [0.2, 0.25) is 5.91 Å². The average Bonchev–Trinajstić information content (AvgIpc) is 2.59. The molecule has 1 rings (SSSR count). The largest absolute Gasteiger partial charge is 0.337 e. The Balaban J connectivity index is 2.73. The Morgan fingerprint density at radius 1 is 1.53 bits per heavy atom. The molecule has 0 aromatic rings. The van der Waals surface area contributed by atoms with Crippen LogP contribution >= 0.6 is 0 Å². The van der Waals surface area contributed by atoms with Gasteiger partial charge in [0.15, 0.2) is 9.84 Å². The van der Waals surface area contributed by atoms with Crippen LogP contribution < -0.4 is 5.73 Å². The second-order valence-electron chi connectivity index (χ2n) is 4.73. The SMILES string of the molecule is CCCCN(C(=O)[C@@H](C)N)C1CCS(=O)(=O)C1. The van der Waals surface area contributed by atoms with E-state index in [1.54, 1.807) is 11.8 Å². The highest BCUT2D eigenvalue weighted by molar-refractivity contribution is 7.91. The predicted molar refractivity (Wildman–Crippen MR) is 67.3 cm³/mol. The Bertz CT molecular complexity index is 365. The number of amides is 1. The minimum atomic E-state index is -2.96. The zero-order valence-electron chi connectivity index (χ0n) is 10.6. The highest BCUT2D eigenvalue weighted by atomic mass is 32.2. The Morgan fingerprint density at radius 3 is 2.59 bits per heavy atom. The summed E-state index contributed by atoms with van der Waals surface area (Å²) in [6.45, 7) is 4.29. The first-order valence-corrected chi connectivity index (χ1v) is 7.96. The molecule has 0 aromatic carbocycles. The van der Waals surface area contributed by atoms with E-state index in [0.29, 0.717) is 13.0 Å². The number of nitrogens with zero attached hydrogens (tertiary/aromatic N) is 1. The van der Waals surface area contributed by atoms with E-state index in [1.807, 2.05) is 6.92 Å². The molecule has 1 saturated heterocycles. The lowest BCUT2D eigenvalue weighted by atomic mass is 10.1. The van der Waals surface area contributed by atoms with Crippen LogP contribution in [0.25, 0.3) is 0 Å². The molecule has 0 radical (unpaired) electrons. The molecule has 2 N–H and O–H groups in total. The van der Waals surface area contributed by atoms with Gasteiger partial charge in [0.05, 0.1) is 17.5 Å². The molecule has 0 aromatic heterocycles. The van der Waals surface area contributed by atoms with E-state index in [4.69, 9.17) is 5.73 Å². The molecule has 0 spiro atoms. The Morgan fingerprint density at radius 2 is 2.18 bits per heavy atom. The number of nitrogens with two attached hydrogens (primary N) is 1. The molecular formula is C11H22N2O3S. The van der Waals surface area contributed by atoms with Crippen LogP contribution in [-0.4, -0.2) is 49.4 Å². The molecule has 0 bridgehead atoms. The molecule has 2 atom stereocenters. The summed E-state index contributed by atoms with van der Waals surface area (Å²) < 4.78 is 22.9. The molecular weight excluding hydrogens is 240 g/mol. The van der Waals surface area contributed by atoms with Crippen molar-refractivity contribution >= 4 is 15.7 Å². The number of sulfone groups is 1.